The molecule has 2 saturated heterocycles. The highest BCUT2D eigenvalue weighted by atomic mass is 32.1. The number of ether oxygens (including phenoxy) is 2. The summed E-state index contributed by atoms with van der Waals surface area (Å²) in [6, 6.07) is 0. The topological polar surface area (TPSA) is 71.0 Å². The molecule has 7 nitrogen and oxygen atoms in total. The Morgan fingerprint density at radius 2 is 2.17 bits per heavy atom. The normalized spacial score (nSPS) is 21.3. The molecule has 0 bridgehead atoms. The average Bonchev–Trinajstić information content (AvgIpc) is 3.44. The van der Waals surface area contributed by atoms with Crippen LogP contribution < -0.4 is 10.6 Å². The number of thiazole rings is 1. The molecule has 2 aliphatic rings. The van der Waals surface area contributed by atoms with Crippen molar-refractivity contribution in [3.05, 3.63) is 16.1 Å². The third kappa shape index (κ3) is 8.13. The van der Waals surface area contributed by atoms with Gasteiger partial charge in [-0.2, -0.15) is 0 Å². The van der Waals surface area contributed by atoms with Crippen molar-refractivity contribution >= 4 is 17.3 Å². The summed E-state index contributed by atoms with van der Waals surface area (Å²) in [4.78, 5) is 12.1. The molecular weight excluding hydrogens is 398 g/mol. The highest BCUT2D eigenvalue weighted by Crippen LogP contribution is 2.20. The summed E-state index contributed by atoms with van der Waals surface area (Å²) in [6.07, 6.45) is 5.77. The van der Waals surface area contributed by atoms with E-state index < -0.39 is 0 Å². The number of guanidine groups is 1. The van der Waals surface area contributed by atoms with E-state index in [9.17, 15) is 0 Å². The van der Waals surface area contributed by atoms with Gasteiger partial charge in [-0.15, -0.1) is 11.3 Å². The summed E-state index contributed by atoms with van der Waals surface area (Å²) < 4.78 is 11.2. The Bertz CT molecular complexity index is 625. The molecule has 1 aromatic rings. The quantitative estimate of drug-likeness (QED) is 0.315. The van der Waals surface area contributed by atoms with Crippen LogP contribution in [-0.2, 0) is 22.4 Å². The summed E-state index contributed by atoms with van der Waals surface area (Å²) in [5.74, 6) is 1.60. The number of rotatable bonds is 11. The molecule has 2 aliphatic heterocycles. The maximum absolute atomic E-state index is 5.83. The summed E-state index contributed by atoms with van der Waals surface area (Å²) in [5.41, 5.74) is 1.23. The molecule has 2 fully saturated rings. The molecule has 0 aromatic carbocycles. The second kappa shape index (κ2) is 13.2. The molecular formula is C22H39N5O2S. The number of piperidine rings is 1. The lowest BCUT2D eigenvalue weighted by molar-refractivity contribution is 0.0420. The Balaban J connectivity index is 1.31. The van der Waals surface area contributed by atoms with Crippen LogP contribution in [0.4, 0.5) is 0 Å². The van der Waals surface area contributed by atoms with E-state index in [1.807, 2.05) is 0 Å². The zero-order valence-electron chi connectivity index (χ0n) is 18.7. The lowest BCUT2D eigenvalue weighted by Crippen LogP contribution is -2.39. The number of aliphatic imine (C=N–C) groups is 1. The largest absolute Gasteiger partial charge is 0.379 e. The van der Waals surface area contributed by atoms with Crippen molar-refractivity contribution in [2.24, 2.45) is 10.9 Å². The highest BCUT2D eigenvalue weighted by Gasteiger charge is 2.20. The molecule has 3 heterocycles. The minimum Gasteiger partial charge on any atom is -0.379 e. The molecule has 0 saturated carbocycles. The molecule has 3 rings (SSSR count). The van der Waals surface area contributed by atoms with Gasteiger partial charge in [-0.3, -0.25) is 9.89 Å². The minimum absolute atomic E-state index is 0.294. The van der Waals surface area contributed by atoms with Crippen molar-refractivity contribution in [2.75, 3.05) is 52.5 Å². The Kier molecular flexibility index (Phi) is 10.4. The monoisotopic (exact) mass is 437 g/mol. The van der Waals surface area contributed by atoms with Crippen molar-refractivity contribution < 1.29 is 9.47 Å². The van der Waals surface area contributed by atoms with E-state index in [2.05, 4.69) is 34.8 Å². The number of aromatic nitrogens is 1. The number of aryl methyl sites for hydroxylation is 1. The van der Waals surface area contributed by atoms with Gasteiger partial charge in [0.15, 0.2) is 5.96 Å². The first kappa shape index (κ1) is 23.4. The predicted molar refractivity (Wildman–Crippen MR) is 123 cm³/mol. The van der Waals surface area contributed by atoms with Crippen LogP contribution in [0.25, 0.3) is 0 Å². The Hall–Kier alpha value is -1.22. The number of nitrogens with one attached hydrogen (secondary N) is 2. The van der Waals surface area contributed by atoms with E-state index >= 15 is 0 Å². The number of hydrogen-bond donors (Lipinski definition) is 2. The van der Waals surface area contributed by atoms with Gasteiger partial charge in [0.25, 0.3) is 0 Å². The summed E-state index contributed by atoms with van der Waals surface area (Å²) in [5, 5.41) is 10.3. The molecule has 0 amide bonds. The third-order valence-corrected chi connectivity index (χ3v) is 6.74. The van der Waals surface area contributed by atoms with Crippen molar-refractivity contribution in [1.82, 2.24) is 20.5 Å². The van der Waals surface area contributed by atoms with Gasteiger partial charge in [-0.1, -0.05) is 6.92 Å². The lowest BCUT2D eigenvalue weighted by Gasteiger charge is -2.30. The SMILES string of the molecule is CCNC(=NCC1CCN(Cc2csc(CC)n2)CC1)NCCCOC1CCOC1. The number of nitrogens with zero attached hydrogens (tertiary/aromatic N) is 3. The standard InChI is InChI=1S/C22H39N5O2S/c1-3-21-26-19(17-30-21)15-27-10-6-18(7-11-27)14-25-22(23-4-2)24-9-5-12-29-20-8-13-28-16-20/h17-18,20H,3-16H2,1-2H3,(H2,23,24,25). The first-order chi connectivity index (χ1) is 14.8. The van der Waals surface area contributed by atoms with Gasteiger partial charge in [0, 0.05) is 44.8 Å². The fourth-order valence-corrected chi connectivity index (χ4v) is 4.61. The van der Waals surface area contributed by atoms with E-state index in [-0.39, 0.29) is 0 Å². The predicted octanol–water partition coefficient (Wildman–Crippen LogP) is 2.67. The summed E-state index contributed by atoms with van der Waals surface area (Å²) in [6.45, 7) is 12.6. The van der Waals surface area contributed by atoms with Gasteiger partial charge in [0.2, 0.25) is 0 Å². The minimum atomic E-state index is 0.294. The van der Waals surface area contributed by atoms with Crippen molar-refractivity contribution in [2.45, 2.75) is 58.6 Å². The van der Waals surface area contributed by atoms with Crippen LogP contribution in [-0.4, -0.2) is 74.5 Å². The molecule has 1 unspecified atom stereocenters. The van der Waals surface area contributed by atoms with E-state index in [4.69, 9.17) is 19.5 Å². The van der Waals surface area contributed by atoms with Gasteiger partial charge < -0.3 is 20.1 Å². The molecule has 0 aliphatic carbocycles. The second-order valence-corrected chi connectivity index (χ2v) is 9.10. The van der Waals surface area contributed by atoms with Crippen LogP contribution in [0, 0.1) is 5.92 Å². The molecule has 0 spiro atoms. The Labute approximate surface area is 185 Å². The van der Waals surface area contributed by atoms with E-state index in [0.29, 0.717) is 12.0 Å². The molecule has 0 radical (unpaired) electrons. The lowest BCUT2D eigenvalue weighted by atomic mass is 9.97. The van der Waals surface area contributed by atoms with Crippen LogP contribution in [0.15, 0.2) is 10.4 Å². The van der Waals surface area contributed by atoms with Gasteiger partial charge in [0.05, 0.1) is 23.4 Å². The van der Waals surface area contributed by atoms with E-state index in [1.165, 1.54) is 23.5 Å². The fourth-order valence-electron chi connectivity index (χ4n) is 3.88. The summed E-state index contributed by atoms with van der Waals surface area (Å²) in [7, 11) is 0. The van der Waals surface area contributed by atoms with Crippen molar-refractivity contribution in [1.29, 1.82) is 0 Å². The van der Waals surface area contributed by atoms with Crippen LogP contribution >= 0.6 is 11.3 Å². The van der Waals surface area contributed by atoms with Gasteiger partial charge in [-0.05, 0) is 58.0 Å². The molecule has 2 N–H and O–H groups in total. The fraction of sp³-hybridized carbons (Fsp3) is 0.818. The van der Waals surface area contributed by atoms with Crippen molar-refractivity contribution in [3.8, 4) is 0 Å². The van der Waals surface area contributed by atoms with Gasteiger partial charge >= 0.3 is 0 Å². The maximum atomic E-state index is 5.83. The third-order valence-electron chi connectivity index (χ3n) is 5.70. The zero-order chi connectivity index (χ0) is 21.0. The summed E-state index contributed by atoms with van der Waals surface area (Å²) >= 11 is 1.79. The highest BCUT2D eigenvalue weighted by molar-refractivity contribution is 7.09. The molecule has 30 heavy (non-hydrogen) atoms. The maximum Gasteiger partial charge on any atom is 0.191 e. The first-order valence-electron chi connectivity index (χ1n) is 11.6. The first-order valence-corrected chi connectivity index (χ1v) is 12.5. The number of hydrogen-bond acceptors (Lipinski definition) is 6. The molecule has 8 heteroatoms. The van der Waals surface area contributed by atoms with Crippen LogP contribution in [0.5, 0.6) is 0 Å². The second-order valence-electron chi connectivity index (χ2n) is 8.16. The molecule has 1 aromatic heterocycles. The Morgan fingerprint density at radius 1 is 1.30 bits per heavy atom. The van der Waals surface area contributed by atoms with Gasteiger partial charge in [-0.25, -0.2) is 4.98 Å². The Morgan fingerprint density at radius 3 is 2.87 bits per heavy atom. The van der Waals surface area contributed by atoms with E-state index in [1.54, 1.807) is 11.3 Å². The van der Waals surface area contributed by atoms with Crippen LogP contribution in [0.3, 0.4) is 0 Å². The van der Waals surface area contributed by atoms with Gasteiger partial charge in [0.1, 0.15) is 0 Å². The smallest absolute Gasteiger partial charge is 0.191 e. The van der Waals surface area contributed by atoms with E-state index in [0.717, 1.165) is 84.3 Å². The molecule has 170 valence electrons. The van der Waals surface area contributed by atoms with Crippen LogP contribution in [0.2, 0.25) is 0 Å². The average molecular weight is 438 g/mol. The number of likely N-dealkylation sites (tertiary alicyclic amines) is 1. The zero-order valence-corrected chi connectivity index (χ0v) is 19.5. The molecule has 1 atom stereocenters. The van der Waals surface area contributed by atoms with Crippen LogP contribution in [0.1, 0.15) is 50.2 Å². The van der Waals surface area contributed by atoms with Crippen molar-refractivity contribution in [3.63, 3.8) is 0 Å².